The number of aromatic nitrogens is 4. The van der Waals surface area contributed by atoms with Crippen LogP contribution in [0, 0.1) is 19.8 Å². The van der Waals surface area contributed by atoms with Crippen LogP contribution in [0.2, 0.25) is 0 Å². The van der Waals surface area contributed by atoms with E-state index in [4.69, 9.17) is 4.74 Å². The molecular formula is C14H18N4O2. The molecule has 6 nitrogen and oxygen atoms in total. The van der Waals surface area contributed by atoms with Gasteiger partial charge in [-0.2, -0.15) is 10.2 Å². The molecule has 20 heavy (non-hydrogen) atoms. The van der Waals surface area contributed by atoms with E-state index in [1.807, 2.05) is 32.9 Å². The number of rotatable bonds is 4. The SMILES string of the molecule is COC(=O)C(C)Cc1c(C)nn(-c2cccnn2)c1C. The minimum atomic E-state index is -0.212. The van der Waals surface area contributed by atoms with E-state index in [1.165, 1.54) is 7.11 Å². The van der Waals surface area contributed by atoms with Gasteiger partial charge in [0.05, 0.1) is 18.7 Å². The van der Waals surface area contributed by atoms with E-state index in [0.29, 0.717) is 12.2 Å². The molecule has 1 atom stereocenters. The van der Waals surface area contributed by atoms with Gasteiger partial charge in [-0.05, 0) is 38.0 Å². The summed E-state index contributed by atoms with van der Waals surface area (Å²) >= 11 is 0. The average Bonchev–Trinajstić information content (AvgIpc) is 2.75. The zero-order valence-electron chi connectivity index (χ0n) is 12.1. The molecule has 0 aromatic carbocycles. The van der Waals surface area contributed by atoms with Crippen molar-refractivity contribution in [1.82, 2.24) is 20.0 Å². The van der Waals surface area contributed by atoms with Gasteiger partial charge in [-0.3, -0.25) is 4.79 Å². The molecule has 2 aromatic rings. The number of ether oxygens (including phenoxy) is 1. The highest BCUT2D eigenvalue weighted by atomic mass is 16.5. The largest absolute Gasteiger partial charge is 0.469 e. The van der Waals surface area contributed by atoms with Gasteiger partial charge < -0.3 is 4.74 Å². The van der Waals surface area contributed by atoms with Crippen molar-refractivity contribution < 1.29 is 9.53 Å². The quantitative estimate of drug-likeness (QED) is 0.792. The highest BCUT2D eigenvalue weighted by Gasteiger charge is 2.20. The fourth-order valence-corrected chi connectivity index (χ4v) is 2.19. The second-order valence-electron chi connectivity index (χ2n) is 4.77. The lowest BCUT2D eigenvalue weighted by atomic mass is 10.00. The second-order valence-corrected chi connectivity index (χ2v) is 4.77. The first-order valence-electron chi connectivity index (χ1n) is 6.45. The van der Waals surface area contributed by atoms with Crippen molar-refractivity contribution in [2.24, 2.45) is 5.92 Å². The first-order chi connectivity index (χ1) is 9.54. The molecule has 0 saturated carbocycles. The number of hydrogen-bond acceptors (Lipinski definition) is 5. The molecule has 0 spiro atoms. The van der Waals surface area contributed by atoms with Crippen molar-refractivity contribution in [3.05, 3.63) is 35.3 Å². The highest BCUT2D eigenvalue weighted by Crippen LogP contribution is 2.20. The van der Waals surface area contributed by atoms with E-state index in [1.54, 1.807) is 10.9 Å². The molecule has 2 aromatic heterocycles. The van der Waals surface area contributed by atoms with Crippen molar-refractivity contribution in [2.75, 3.05) is 7.11 Å². The van der Waals surface area contributed by atoms with Gasteiger partial charge in [-0.25, -0.2) is 4.68 Å². The molecular weight excluding hydrogens is 256 g/mol. The van der Waals surface area contributed by atoms with Crippen LogP contribution in [0.4, 0.5) is 0 Å². The van der Waals surface area contributed by atoms with Gasteiger partial charge in [-0.1, -0.05) is 6.92 Å². The fraction of sp³-hybridized carbons (Fsp3) is 0.429. The second kappa shape index (κ2) is 5.81. The Labute approximate surface area is 117 Å². The molecule has 0 fully saturated rings. The molecule has 0 aliphatic carbocycles. The third kappa shape index (κ3) is 2.68. The zero-order chi connectivity index (χ0) is 14.7. The third-order valence-corrected chi connectivity index (χ3v) is 3.33. The zero-order valence-corrected chi connectivity index (χ0v) is 12.1. The molecule has 6 heteroatoms. The molecule has 2 heterocycles. The summed E-state index contributed by atoms with van der Waals surface area (Å²) < 4.78 is 6.52. The summed E-state index contributed by atoms with van der Waals surface area (Å²) in [5.74, 6) is 0.262. The third-order valence-electron chi connectivity index (χ3n) is 3.33. The average molecular weight is 274 g/mol. The number of carbonyl (C=O) groups is 1. The van der Waals surface area contributed by atoms with Crippen molar-refractivity contribution in [3.8, 4) is 5.82 Å². The Morgan fingerprint density at radius 2 is 2.20 bits per heavy atom. The lowest BCUT2D eigenvalue weighted by Gasteiger charge is -2.09. The van der Waals surface area contributed by atoms with E-state index in [2.05, 4.69) is 15.3 Å². The Morgan fingerprint density at radius 1 is 1.45 bits per heavy atom. The van der Waals surface area contributed by atoms with E-state index in [-0.39, 0.29) is 11.9 Å². The predicted molar refractivity (Wildman–Crippen MR) is 73.5 cm³/mol. The summed E-state index contributed by atoms with van der Waals surface area (Å²) in [6.07, 6.45) is 2.22. The van der Waals surface area contributed by atoms with Crippen LogP contribution in [0.5, 0.6) is 0 Å². The van der Waals surface area contributed by atoms with Crippen LogP contribution in [-0.4, -0.2) is 33.1 Å². The summed E-state index contributed by atoms with van der Waals surface area (Å²) in [4.78, 5) is 11.5. The lowest BCUT2D eigenvalue weighted by Crippen LogP contribution is -2.16. The van der Waals surface area contributed by atoms with Crippen LogP contribution in [-0.2, 0) is 16.0 Å². The molecule has 1 unspecified atom stereocenters. The maximum atomic E-state index is 11.5. The molecule has 0 amide bonds. The maximum absolute atomic E-state index is 11.5. The monoisotopic (exact) mass is 274 g/mol. The van der Waals surface area contributed by atoms with Crippen molar-refractivity contribution in [1.29, 1.82) is 0 Å². The molecule has 106 valence electrons. The number of hydrogen-bond donors (Lipinski definition) is 0. The van der Waals surface area contributed by atoms with Crippen LogP contribution in [0.3, 0.4) is 0 Å². The fourth-order valence-electron chi connectivity index (χ4n) is 2.19. The summed E-state index contributed by atoms with van der Waals surface area (Å²) in [7, 11) is 1.40. The summed E-state index contributed by atoms with van der Waals surface area (Å²) in [6, 6.07) is 3.66. The standard InChI is InChI=1S/C14H18N4O2/c1-9(14(19)20-4)8-12-10(2)17-18(11(12)3)13-6-5-7-15-16-13/h5-7,9H,8H2,1-4H3. The Kier molecular flexibility index (Phi) is 4.12. The van der Waals surface area contributed by atoms with Gasteiger partial charge in [0, 0.05) is 11.9 Å². The number of aryl methyl sites for hydroxylation is 1. The van der Waals surface area contributed by atoms with Gasteiger partial charge in [0.25, 0.3) is 0 Å². The lowest BCUT2D eigenvalue weighted by molar-refractivity contribution is -0.144. The Balaban J connectivity index is 2.33. The molecule has 0 radical (unpaired) electrons. The van der Waals surface area contributed by atoms with Crippen LogP contribution in [0.1, 0.15) is 23.9 Å². The maximum Gasteiger partial charge on any atom is 0.308 e. The van der Waals surface area contributed by atoms with Gasteiger partial charge in [0.1, 0.15) is 0 Å². The predicted octanol–water partition coefficient (Wildman–Crippen LogP) is 1.63. The summed E-state index contributed by atoms with van der Waals surface area (Å²) in [6.45, 7) is 5.75. The van der Waals surface area contributed by atoms with E-state index in [9.17, 15) is 4.79 Å². The minimum Gasteiger partial charge on any atom is -0.469 e. The Morgan fingerprint density at radius 3 is 2.80 bits per heavy atom. The molecule has 0 aliphatic rings. The number of methoxy groups -OCH3 is 1. The van der Waals surface area contributed by atoms with E-state index < -0.39 is 0 Å². The first-order valence-corrected chi connectivity index (χ1v) is 6.45. The highest BCUT2D eigenvalue weighted by molar-refractivity contribution is 5.72. The van der Waals surface area contributed by atoms with Crippen LogP contribution in [0.15, 0.2) is 18.3 Å². The van der Waals surface area contributed by atoms with Crippen LogP contribution in [0.25, 0.3) is 5.82 Å². The van der Waals surface area contributed by atoms with Crippen molar-refractivity contribution in [3.63, 3.8) is 0 Å². The van der Waals surface area contributed by atoms with Crippen LogP contribution < -0.4 is 0 Å². The van der Waals surface area contributed by atoms with Crippen LogP contribution >= 0.6 is 0 Å². The Bertz CT molecular complexity index is 607. The number of esters is 1. The van der Waals surface area contributed by atoms with E-state index in [0.717, 1.165) is 17.0 Å². The molecule has 0 aliphatic heterocycles. The van der Waals surface area contributed by atoms with Gasteiger partial charge in [0.15, 0.2) is 5.82 Å². The molecule has 0 bridgehead atoms. The van der Waals surface area contributed by atoms with E-state index >= 15 is 0 Å². The molecule has 0 saturated heterocycles. The van der Waals surface area contributed by atoms with Crippen molar-refractivity contribution >= 4 is 5.97 Å². The molecule has 2 rings (SSSR count). The minimum absolute atomic E-state index is 0.197. The van der Waals surface area contributed by atoms with Crippen molar-refractivity contribution in [2.45, 2.75) is 27.2 Å². The van der Waals surface area contributed by atoms with Gasteiger partial charge in [0.2, 0.25) is 0 Å². The topological polar surface area (TPSA) is 69.9 Å². The first kappa shape index (κ1) is 14.2. The summed E-state index contributed by atoms with van der Waals surface area (Å²) in [5.41, 5.74) is 2.91. The summed E-state index contributed by atoms with van der Waals surface area (Å²) in [5, 5.41) is 12.4. The number of carbonyl (C=O) groups excluding carboxylic acids is 1. The Hall–Kier alpha value is -2.24. The smallest absolute Gasteiger partial charge is 0.308 e. The molecule has 0 N–H and O–H groups in total. The number of nitrogens with zero attached hydrogens (tertiary/aromatic N) is 4. The van der Waals surface area contributed by atoms with Gasteiger partial charge >= 0.3 is 5.97 Å². The normalized spacial score (nSPS) is 12.2. The van der Waals surface area contributed by atoms with Gasteiger partial charge in [-0.15, -0.1) is 5.10 Å².